The number of amides is 1. The number of hydrogen-bond acceptors (Lipinski definition) is 4. The van der Waals surface area contributed by atoms with Gasteiger partial charge in [-0.3, -0.25) is 9.59 Å². The Labute approximate surface area is 172 Å². The molecule has 3 N–H and O–H groups in total. The van der Waals surface area contributed by atoms with Crippen molar-refractivity contribution in [2.75, 3.05) is 12.4 Å². The zero-order chi connectivity index (χ0) is 21.4. The molecule has 0 saturated carbocycles. The standard InChI is InChI=1S/C23H18N2O5/c1-12-19(21(26)13-6-4-3-5-7-13)18(24-20(12)23(28)29)11-16-15-9-8-14(30-2)10-17(15)25-22(16)27/h3-11,24H,1-2H3,(H,25,27)(H,28,29)/b16-11-. The van der Waals surface area contributed by atoms with Gasteiger partial charge in [-0.05, 0) is 30.7 Å². The van der Waals surface area contributed by atoms with E-state index in [1.165, 1.54) is 13.2 Å². The molecule has 0 fully saturated rings. The highest BCUT2D eigenvalue weighted by Gasteiger charge is 2.28. The third-order valence-electron chi connectivity index (χ3n) is 5.05. The van der Waals surface area contributed by atoms with Crippen molar-refractivity contribution < 1.29 is 24.2 Å². The molecule has 1 aliphatic heterocycles. The first-order valence-corrected chi connectivity index (χ1v) is 9.17. The fourth-order valence-electron chi connectivity index (χ4n) is 3.55. The van der Waals surface area contributed by atoms with Crippen molar-refractivity contribution >= 4 is 35.0 Å². The molecule has 2 aromatic carbocycles. The van der Waals surface area contributed by atoms with Crippen LogP contribution in [0.1, 0.15) is 43.2 Å². The third kappa shape index (κ3) is 3.16. The van der Waals surface area contributed by atoms with Crippen LogP contribution in [0.15, 0.2) is 48.5 Å². The molecular weight excluding hydrogens is 384 g/mol. The normalized spacial score (nSPS) is 13.8. The number of aromatic amines is 1. The van der Waals surface area contributed by atoms with Crippen molar-refractivity contribution in [2.45, 2.75) is 6.92 Å². The second-order valence-electron chi connectivity index (χ2n) is 6.84. The monoisotopic (exact) mass is 402 g/mol. The van der Waals surface area contributed by atoms with Crippen molar-refractivity contribution in [3.63, 3.8) is 0 Å². The Hall–Kier alpha value is -4.13. The van der Waals surface area contributed by atoms with E-state index < -0.39 is 5.97 Å². The van der Waals surface area contributed by atoms with Crippen LogP contribution in [0.25, 0.3) is 11.6 Å². The Balaban J connectivity index is 1.88. The van der Waals surface area contributed by atoms with Crippen molar-refractivity contribution in [1.29, 1.82) is 0 Å². The van der Waals surface area contributed by atoms with E-state index in [-0.39, 0.29) is 28.6 Å². The largest absolute Gasteiger partial charge is 0.497 e. The van der Waals surface area contributed by atoms with Crippen LogP contribution in [0.3, 0.4) is 0 Å². The molecule has 0 unspecified atom stereocenters. The van der Waals surface area contributed by atoms with E-state index in [0.29, 0.717) is 33.7 Å². The molecule has 4 rings (SSSR count). The van der Waals surface area contributed by atoms with Gasteiger partial charge in [-0.2, -0.15) is 0 Å². The minimum Gasteiger partial charge on any atom is -0.497 e. The van der Waals surface area contributed by atoms with Crippen LogP contribution in [-0.4, -0.2) is 34.9 Å². The number of carbonyl (C=O) groups excluding carboxylic acids is 2. The highest BCUT2D eigenvalue weighted by atomic mass is 16.5. The Kier molecular flexibility index (Phi) is 4.71. The number of aromatic carboxylic acids is 1. The summed E-state index contributed by atoms with van der Waals surface area (Å²) in [6, 6.07) is 13.8. The number of methoxy groups -OCH3 is 1. The van der Waals surface area contributed by atoms with Gasteiger partial charge in [0.05, 0.1) is 29.6 Å². The summed E-state index contributed by atoms with van der Waals surface area (Å²) in [5, 5.41) is 12.3. The Bertz CT molecular complexity index is 1220. The van der Waals surface area contributed by atoms with E-state index in [9.17, 15) is 19.5 Å². The van der Waals surface area contributed by atoms with Crippen LogP contribution in [0.5, 0.6) is 5.75 Å². The molecule has 0 saturated heterocycles. The van der Waals surface area contributed by atoms with Crippen molar-refractivity contribution in [3.8, 4) is 5.75 Å². The summed E-state index contributed by atoms with van der Waals surface area (Å²) in [5.41, 5.74) is 2.70. The van der Waals surface area contributed by atoms with Crippen LogP contribution in [-0.2, 0) is 4.79 Å². The molecule has 0 spiro atoms. The molecule has 150 valence electrons. The molecule has 1 amide bonds. The number of carboxylic acid groups (broad SMARTS) is 1. The van der Waals surface area contributed by atoms with Gasteiger partial charge in [0.25, 0.3) is 5.91 Å². The van der Waals surface area contributed by atoms with Gasteiger partial charge in [0.2, 0.25) is 0 Å². The Morgan fingerprint density at radius 1 is 1.10 bits per heavy atom. The zero-order valence-corrected chi connectivity index (χ0v) is 16.3. The topological polar surface area (TPSA) is 108 Å². The van der Waals surface area contributed by atoms with Crippen LogP contribution < -0.4 is 10.1 Å². The lowest BCUT2D eigenvalue weighted by Gasteiger charge is -2.04. The lowest BCUT2D eigenvalue weighted by atomic mass is 9.97. The number of aromatic nitrogens is 1. The summed E-state index contributed by atoms with van der Waals surface area (Å²) < 4.78 is 5.19. The van der Waals surface area contributed by atoms with Gasteiger partial charge in [0.1, 0.15) is 11.4 Å². The number of ketones is 1. The average molecular weight is 402 g/mol. The highest BCUT2D eigenvalue weighted by molar-refractivity contribution is 6.35. The maximum Gasteiger partial charge on any atom is 0.352 e. The van der Waals surface area contributed by atoms with Gasteiger partial charge in [-0.25, -0.2) is 4.79 Å². The molecule has 1 aromatic heterocycles. The number of carboxylic acids is 1. The quantitative estimate of drug-likeness (QED) is 0.445. The van der Waals surface area contributed by atoms with Crippen LogP contribution >= 0.6 is 0 Å². The van der Waals surface area contributed by atoms with Gasteiger partial charge in [-0.1, -0.05) is 30.3 Å². The molecule has 0 bridgehead atoms. The maximum atomic E-state index is 13.1. The molecule has 3 aromatic rings. The third-order valence-corrected chi connectivity index (χ3v) is 5.05. The first kappa shape index (κ1) is 19.2. The minimum atomic E-state index is -1.18. The van der Waals surface area contributed by atoms with Gasteiger partial charge in [0.15, 0.2) is 5.78 Å². The molecule has 2 heterocycles. The van der Waals surface area contributed by atoms with E-state index in [1.807, 2.05) is 0 Å². The summed E-state index contributed by atoms with van der Waals surface area (Å²) in [6.07, 6.45) is 1.52. The molecule has 0 aliphatic carbocycles. The summed E-state index contributed by atoms with van der Waals surface area (Å²) in [6.45, 7) is 1.58. The van der Waals surface area contributed by atoms with E-state index in [1.54, 1.807) is 55.5 Å². The molecule has 0 atom stereocenters. The molecule has 1 aliphatic rings. The number of anilines is 1. The predicted molar refractivity (Wildman–Crippen MR) is 112 cm³/mol. The lowest BCUT2D eigenvalue weighted by Crippen LogP contribution is -2.06. The average Bonchev–Trinajstić information content (AvgIpc) is 3.24. The number of carbonyl (C=O) groups is 3. The van der Waals surface area contributed by atoms with Gasteiger partial charge < -0.3 is 20.1 Å². The number of hydrogen-bond donors (Lipinski definition) is 3. The van der Waals surface area contributed by atoms with Crippen LogP contribution in [0, 0.1) is 6.92 Å². The van der Waals surface area contributed by atoms with Crippen LogP contribution in [0.4, 0.5) is 5.69 Å². The first-order valence-electron chi connectivity index (χ1n) is 9.17. The summed E-state index contributed by atoms with van der Waals surface area (Å²) in [4.78, 5) is 40.2. The van der Waals surface area contributed by atoms with Crippen LogP contribution in [0.2, 0.25) is 0 Å². The number of benzene rings is 2. The lowest BCUT2D eigenvalue weighted by molar-refractivity contribution is -0.110. The number of fused-ring (bicyclic) bond motifs is 1. The number of rotatable bonds is 5. The number of H-pyrrole nitrogens is 1. The number of ether oxygens (including phenoxy) is 1. The number of nitrogens with one attached hydrogen (secondary N) is 2. The first-order chi connectivity index (χ1) is 14.4. The molecule has 30 heavy (non-hydrogen) atoms. The van der Waals surface area contributed by atoms with E-state index in [2.05, 4.69) is 10.3 Å². The van der Waals surface area contributed by atoms with Gasteiger partial charge in [0, 0.05) is 17.2 Å². The Morgan fingerprint density at radius 3 is 2.50 bits per heavy atom. The summed E-state index contributed by atoms with van der Waals surface area (Å²) in [5.74, 6) is -1.25. The van der Waals surface area contributed by atoms with E-state index in [4.69, 9.17) is 4.74 Å². The highest BCUT2D eigenvalue weighted by Crippen LogP contribution is 2.36. The van der Waals surface area contributed by atoms with Crippen molar-refractivity contribution in [3.05, 3.63) is 82.2 Å². The molecule has 7 heteroatoms. The minimum absolute atomic E-state index is 0.0884. The SMILES string of the molecule is COc1ccc2c(c1)NC(=O)/C2=C\c1[nH]c(C(=O)O)c(C)c1C(=O)c1ccccc1. The van der Waals surface area contributed by atoms with E-state index >= 15 is 0 Å². The van der Waals surface area contributed by atoms with Gasteiger partial charge >= 0.3 is 5.97 Å². The maximum absolute atomic E-state index is 13.1. The fraction of sp³-hybridized carbons (Fsp3) is 0.0870. The summed E-state index contributed by atoms with van der Waals surface area (Å²) in [7, 11) is 1.53. The van der Waals surface area contributed by atoms with Crippen molar-refractivity contribution in [2.24, 2.45) is 0 Å². The van der Waals surface area contributed by atoms with Gasteiger partial charge in [-0.15, -0.1) is 0 Å². The second-order valence-corrected chi connectivity index (χ2v) is 6.84. The summed E-state index contributed by atoms with van der Waals surface area (Å²) >= 11 is 0. The predicted octanol–water partition coefficient (Wildman–Crippen LogP) is 3.75. The second kappa shape index (κ2) is 7.36. The Morgan fingerprint density at radius 2 is 1.83 bits per heavy atom. The fourth-order valence-corrected chi connectivity index (χ4v) is 3.55. The molecular formula is C23H18N2O5. The van der Waals surface area contributed by atoms with Crippen molar-refractivity contribution in [1.82, 2.24) is 4.98 Å². The van der Waals surface area contributed by atoms with E-state index in [0.717, 1.165) is 0 Å². The zero-order valence-electron chi connectivity index (χ0n) is 16.3. The molecule has 7 nitrogen and oxygen atoms in total. The smallest absolute Gasteiger partial charge is 0.352 e. The molecule has 0 radical (unpaired) electrons.